The van der Waals surface area contributed by atoms with Gasteiger partial charge in [-0.05, 0) is 42.2 Å². The van der Waals surface area contributed by atoms with Crippen molar-refractivity contribution in [2.24, 2.45) is 11.8 Å². The van der Waals surface area contributed by atoms with Crippen molar-refractivity contribution in [3.05, 3.63) is 70.4 Å². The number of hydrogen-bond donors (Lipinski definition) is 3. The Balaban J connectivity index is 1.67. The van der Waals surface area contributed by atoms with Crippen LogP contribution in [0.4, 0.5) is 4.39 Å². The molecule has 0 radical (unpaired) electrons. The van der Waals surface area contributed by atoms with Crippen molar-refractivity contribution in [3.63, 3.8) is 0 Å². The fourth-order valence-corrected chi connectivity index (χ4v) is 4.56. The van der Waals surface area contributed by atoms with Crippen molar-refractivity contribution in [2.45, 2.75) is 25.8 Å². The highest BCUT2D eigenvalue weighted by Crippen LogP contribution is 2.39. The maximum atomic E-state index is 13.4. The largest absolute Gasteiger partial charge is 0.497 e. The van der Waals surface area contributed by atoms with Crippen molar-refractivity contribution in [1.29, 1.82) is 0 Å². The molecule has 160 valence electrons. The van der Waals surface area contributed by atoms with Crippen LogP contribution in [0.5, 0.6) is 5.75 Å². The fourth-order valence-electron chi connectivity index (χ4n) is 3.38. The molecule has 30 heavy (non-hydrogen) atoms. The molecule has 2 aromatic rings. The standard InChI is InChI=1S/C23H27FN2O3S/c1-14(2)21-20(16-7-5-9-19(12-16)29-3)26-23(30-21)25-13-17(22(27)28)10-15-6-4-8-18(24)11-15/h4-9,11-12,14,17,23,25-26H,10,13H2,1-3H3,(H,27,28). The van der Waals surface area contributed by atoms with E-state index in [0.29, 0.717) is 11.5 Å². The number of halogens is 1. The maximum absolute atomic E-state index is 13.4. The Morgan fingerprint density at radius 3 is 2.70 bits per heavy atom. The Hall–Kier alpha value is -2.51. The van der Waals surface area contributed by atoms with Crippen LogP contribution in [0.25, 0.3) is 5.70 Å². The molecule has 2 unspecified atom stereocenters. The third kappa shape index (κ3) is 5.55. The molecular weight excluding hydrogens is 403 g/mol. The number of aliphatic carboxylic acids is 1. The molecule has 0 spiro atoms. The Labute approximate surface area is 180 Å². The lowest BCUT2D eigenvalue weighted by Crippen LogP contribution is -2.40. The van der Waals surface area contributed by atoms with E-state index in [2.05, 4.69) is 24.5 Å². The lowest BCUT2D eigenvalue weighted by molar-refractivity contribution is -0.141. The number of carboxylic acid groups (broad SMARTS) is 1. The minimum absolute atomic E-state index is 0.141. The molecule has 0 amide bonds. The van der Waals surface area contributed by atoms with E-state index < -0.39 is 11.9 Å². The molecule has 0 saturated heterocycles. The Kier molecular flexibility index (Phi) is 7.39. The summed E-state index contributed by atoms with van der Waals surface area (Å²) in [5, 5.41) is 16.4. The molecule has 7 heteroatoms. The highest BCUT2D eigenvalue weighted by Gasteiger charge is 2.28. The van der Waals surface area contributed by atoms with Crippen LogP contribution in [0.3, 0.4) is 0 Å². The summed E-state index contributed by atoms with van der Waals surface area (Å²) in [7, 11) is 1.64. The van der Waals surface area contributed by atoms with Crippen LogP contribution in [-0.2, 0) is 11.2 Å². The summed E-state index contributed by atoms with van der Waals surface area (Å²) in [5.74, 6) is -0.811. The van der Waals surface area contributed by atoms with Crippen molar-refractivity contribution in [2.75, 3.05) is 13.7 Å². The smallest absolute Gasteiger partial charge is 0.308 e. The number of allylic oxidation sites excluding steroid dienone is 1. The summed E-state index contributed by atoms with van der Waals surface area (Å²) in [4.78, 5) is 12.9. The second kappa shape index (κ2) is 10.00. The molecule has 0 bridgehead atoms. The molecule has 2 aromatic carbocycles. The van der Waals surface area contributed by atoms with E-state index in [1.165, 1.54) is 17.0 Å². The number of carboxylic acids is 1. The van der Waals surface area contributed by atoms with Gasteiger partial charge in [-0.1, -0.05) is 49.9 Å². The van der Waals surface area contributed by atoms with E-state index in [-0.39, 0.29) is 24.3 Å². The molecule has 0 aliphatic carbocycles. The highest BCUT2D eigenvalue weighted by molar-refractivity contribution is 8.04. The first kappa shape index (κ1) is 22.2. The van der Waals surface area contributed by atoms with Crippen molar-refractivity contribution in [1.82, 2.24) is 10.6 Å². The monoisotopic (exact) mass is 430 g/mol. The van der Waals surface area contributed by atoms with Gasteiger partial charge in [0.05, 0.1) is 18.7 Å². The Morgan fingerprint density at radius 1 is 1.27 bits per heavy atom. The second-order valence-electron chi connectivity index (χ2n) is 7.55. The van der Waals surface area contributed by atoms with E-state index in [1.807, 2.05) is 24.3 Å². The Bertz CT molecular complexity index is 932. The number of rotatable bonds is 9. The Morgan fingerprint density at radius 2 is 2.03 bits per heavy atom. The first-order chi connectivity index (χ1) is 14.4. The lowest BCUT2D eigenvalue weighted by Gasteiger charge is -2.19. The zero-order valence-electron chi connectivity index (χ0n) is 17.3. The molecule has 3 rings (SSSR count). The topological polar surface area (TPSA) is 70.6 Å². The molecule has 2 atom stereocenters. The van der Waals surface area contributed by atoms with Gasteiger partial charge >= 0.3 is 5.97 Å². The third-order valence-corrected chi connectivity index (χ3v) is 6.37. The van der Waals surface area contributed by atoms with Crippen molar-refractivity contribution >= 4 is 23.4 Å². The summed E-state index contributed by atoms with van der Waals surface area (Å²) in [6.45, 7) is 4.54. The molecule has 1 heterocycles. The first-order valence-electron chi connectivity index (χ1n) is 9.89. The van der Waals surface area contributed by atoms with Crippen LogP contribution < -0.4 is 15.4 Å². The van der Waals surface area contributed by atoms with Gasteiger partial charge in [0, 0.05) is 17.0 Å². The van der Waals surface area contributed by atoms with Crippen LogP contribution in [0.15, 0.2) is 53.4 Å². The summed E-state index contributed by atoms with van der Waals surface area (Å²) >= 11 is 1.66. The van der Waals surface area contributed by atoms with Gasteiger partial charge < -0.3 is 15.2 Å². The number of carbonyl (C=O) groups is 1. The van der Waals surface area contributed by atoms with E-state index >= 15 is 0 Å². The SMILES string of the molecule is COc1cccc(C2=C(C(C)C)SC(NCC(Cc3cccc(F)c3)C(=O)O)N2)c1. The minimum Gasteiger partial charge on any atom is -0.497 e. The van der Waals surface area contributed by atoms with Crippen LogP contribution >= 0.6 is 11.8 Å². The number of methoxy groups -OCH3 is 1. The van der Waals surface area contributed by atoms with Crippen LogP contribution in [-0.4, -0.2) is 30.2 Å². The summed E-state index contributed by atoms with van der Waals surface area (Å²) < 4.78 is 18.8. The molecule has 0 aromatic heterocycles. The average molecular weight is 431 g/mol. The molecule has 3 N–H and O–H groups in total. The normalized spacial score (nSPS) is 17.2. The molecule has 1 aliphatic rings. The summed E-state index contributed by atoms with van der Waals surface area (Å²) in [6, 6.07) is 14.0. The number of nitrogens with one attached hydrogen (secondary N) is 2. The van der Waals surface area contributed by atoms with Gasteiger partial charge in [0.2, 0.25) is 0 Å². The number of thioether (sulfide) groups is 1. The predicted octanol–water partition coefficient (Wildman–Crippen LogP) is 4.31. The summed E-state index contributed by atoms with van der Waals surface area (Å²) in [6.07, 6.45) is 0.269. The number of benzene rings is 2. The molecule has 0 saturated carbocycles. The van der Waals surface area contributed by atoms with Gasteiger partial charge in [0.15, 0.2) is 0 Å². The molecular formula is C23H27FN2O3S. The average Bonchev–Trinajstić information content (AvgIpc) is 3.15. The van der Waals surface area contributed by atoms with Gasteiger partial charge in [-0.25, -0.2) is 4.39 Å². The molecule has 1 aliphatic heterocycles. The van der Waals surface area contributed by atoms with Crippen LogP contribution in [0.2, 0.25) is 0 Å². The predicted molar refractivity (Wildman–Crippen MR) is 118 cm³/mol. The highest BCUT2D eigenvalue weighted by atomic mass is 32.2. The molecule has 0 fully saturated rings. The van der Waals surface area contributed by atoms with E-state index in [0.717, 1.165) is 17.0 Å². The third-order valence-electron chi connectivity index (χ3n) is 4.92. The number of ether oxygens (including phenoxy) is 1. The van der Waals surface area contributed by atoms with E-state index in [9.17, 15) is 14.3 Å². The zero-order chi connectivity index (χ0) is 21.7. The number of hydrogen-bond acceptors (Lipinski definition) is 5. The van der Waals surface area contributed by atoms with Gasteiger partial charge in [0.1, 0.15) is 17.1 Å². The summed E-state index contributed by atoms with van der Waals surface area (Å²) in [5.41, 5.74) is 2.60. The van der Waals surface area contributed by atoms with Crippen LogP contribution in [0, 0.1) is 17.7 Å². The van der Waals surface area contributed by atoms with E-state index in [4.69, 9.17) is 4.74 Å². The fraction of sp³-hybridized carbons (Fsp3) is 0.348. The van der Waals surface area contributed by atoms with Gasteiger partial charge in [-0.3, -0.25) is 10.1 Å². The van der Waals surface area contributed by atoms with Gasteiger partial charge in [-0.15, -0.1) is 0 Å². The maximum Gasteiger partial charge on any atom is 0.308 e. The van der Waals surface area contributed by atoms with Crippen molar-refractivity contribution < 1.29 is 19.0 Å². The zero-order valence-corrected chi connectivity index (χ0v) is 18.1. The van der Waals surface area contributed by atoms with E-state index in [1.54, 1.807) is 31.0 Å². The first-order valence-corrected chi connectivity index (χ1v) is 10.8. The van der Waals surface area contributed by atoms with Crippen LogP contribution in [0.1, 0.15) is 25.0 Å². The molecule has 5 nitrogen and oxygen atoms in total. The van der Waals surface area contributed by atoms with Crippen molar-refractivity contribution in [3.8, 4) is 5.75 Å². The van der Waals surface area contributed by atoms with Gasteiger partial charge in [-0.2, -0.15) is 0 Å². The quantitative estimate of drug-likeness (QED) is 0.551. The lowest BCUT2D eigenvalue weighted by atomic mass is 9.99. The van der Waals surface area contributed by atoms with Gasteiger partial charge in [0.25, 0.3) is 0 Å². The minimum atomic E-state index is -0.903. The second-order valence-corrected chi connectivity index (χ2v) is 8.69.